The van der Waals surface area contributed by atoms with Gasteiger partial charge in [-0.25, -0.2) is 4.79 Å². The van der Waals surface area contributed by atoms with E-state index < -0.39 is 5.97 Å². The first-order chi connectivity index (χ1) is 9.58. The largest absolute Gasteiger partial charge is 0.550 e. The topological polar surface area (TPSA) is 69.7 Å². The molecule has 1 spiro atoms. The third kappa shape index (κ3) is 2.35. The van der Waals surface area contributed by atoms with Gasteiger partial charge in [-0.2, -0.15) is 0 Å². The second-order valence-corrected chi connectivity index (χ2v) is 5.82. The van der Waals surface area contributed by atoms with E-state index >= 15 is 0 Å². The number of amides is 1. The van der Waals surface area contributed by atoms with Crippen LogP contribution in [0.3, 0.4) is 0 Å². The number of carboxylic acids is 1. The minimum atomic E-state index is -0.972. The Kier molecular flexibility index (Phi) is 3.12. The number of carboxylic acid groups (broad SMARTS) is 1. The van der Waals surface area contributed by atoms with Gasteiger partial charge in [0.2, 0.25) is 0 Å². The van der Waals surface area contributed by atoms with Gasteiger partial charge in [0.15, 0.2) is 0 Å². The Balaban J connectivity index is 1.42. The summed E-state index contributed by atoms with van der Waals surface area (Å²) in [6, 6.07) is 9.52. The normalized spacial score (nSPS) is 20.1. The summed E-state index contributed by atoms with van der Waals surface area (Å²) in [5.41, 5.74) is 0.966. The standard InChI is InChI=1S/C15H17NO4/c17-13(18)12-6-15(7-12)9-16(10-15)14(19)20-8-11-4-2-1-3-5-11/h1-5,12H,6-10H2,(H,17,18)/p-1. The number of hydrogen-bond donors (Lipinski definition) is 0. The lowest BCUT2D eigenvalue weighted by molar-refractivity contribution is -0.319. The SMILES string of the molecule is O=C([O-])C1CC2(C1)CN(C(=O)OCc1ccccc1)C2. The van der Waals surface area contributed by atoms with Gasteiger partial charge < -0.3 is 19.5 Å². The second kappa shape index (κ2) is 4.81. The molecule has 1 amide bonds. The quantitative estimate of drug-likeness (QED) is 0.817. The first kappa shape index (κ1) is 13.0. The highest BCUT2D eigenvalue weighted by molar-refractivity contribution is 5.71. The van der Waals surface area contributed by atoms with Crippen LogP contribution < -0.4 is 5.11 Å². The van der Waals surface area contributed by atoms with E-state index in [1.165, 1.54) is 0 Å². The number of likely N-dealkylation sites (tertiary alicyclic amines) is 1. The van der Waals surface area contributed by atoms with Gasteiger partial charge in [-0.1, -0.05) is 30.3 Å². The fourth-order valence-electron chi connectivity index (χ4n) is 3.11. The molecule has 0 aromatic heterocycles. The molecule has 1 aromatic carbocycles. The number of ether oxygens (including phenoxy) is 1. The zero-order chi connectivity index (χ0) is 14.2. The van der Waals surface area contributed by atoms with Crippen molar-refractivity contribution >= 4 is 12.1 Å². The summed E-state index contributed by atoms with van der Waals surface area (Å²) >= 11 is 0. The smallest absolute Gasteiger partial charge is 0.410 e. The molecule has 1 saturated heterocycles. The fraction of sp³-hybridized carbons (Fsp3) is 0.467. The Bertz CT molecular complexity index is 514. The molecule has 0 bridgehead atoms. The van der Waals surface area contributed by atoms with E-state index in [-0.39, 0.29) is 24.0 Å². The number of nitrogens with zero attached hydrogens (tertiary/aromatic N) is 1. The Morgan fingerprint density at radius 3 is 2.50 bits per heavy atom. The maximum atomic E-state index is 11.8. The highest BCUT2D eigenvalue weighted by atomic mass is 16.6. The van der Waals surface area contributed by atoms with Gasteiger partial charge in [0.05, 0.1) is 0 Å². The number of rotatable bonds is 3. The number of carbonyl (C=O) groups excluding carboxylic acids is 2. The summed E-state index contributed by atoms with van der Waals surface area (Å²) in [5, 5.41) is 10.7. The zero-order valence-electron chi connectivity index (χ0n) is 11.1. The summed E-state index contributed by atoms with van der Waals surface area (Å²) in [7, 11) is 0. The van der Waals surface area contributed by atoms with Crippen LogP contribution in [0.25, 0.3) is 0 Å². The van der Waals surface area contributed by atoms with E-state index in [9.17, 15) is 14.7 Å². The molecule has 0 radical (unpaired) electrons. The summed E-state index contributed by atoms with van der Waals surface area (Å²) in [6.07, 6.45) is 0.923. The number of hydrogen-bond acceptors (Lipinski definition) is 4. The van der Waals surface area contributed by atoms with Gasteiger partial charge in [-0.3, -0.25) is 0 Å². The van der Waals surface area contributed by atoms with E-state index in [1.807, 2.05) is 30.3 Å². The van der Waals surface area contributed by atoms with E-state index in [0.29, 0.717) is 25.9 Å². The van der Waals surface area contributed by atoms with E-state index in [2.05, 4.69) is 0 Å². The average Bonchev–Trinajstić information content (AvgIpc) is 2.34. The van der Waals surface area contributed by atoms with Crippen molar-refractivity contribution < 1.29 is 19.4 Å². The highest BCUT2D eigenvalue weighted by Gasteiger charge is 2.54. The average molecular weight is 274 g/mol. The van der Waals surface area contributed by atoms with E-state index in [0.717, 1.165) is 5.56 Å². The molecular formula is C15H16NO4-. The van der Waals surface area contributed by atoms with Crippen molar-refractivity contribution in [3.8, 4) is 0 Å². The molecule has 20 heavy (non-hydrogen) atoms. The summed E-state index contributed by atoms with van der Waals surface area (Å²) < 4.78 is 5.23. The maximum absolute atomic E-state index is 11.8. The Morgan fingerprint density at radius 2 is 1.90 bits per heavy atom. The van der Waals surface area contributed by atoms with Crippen molar-refractivity contribution in [2.75, 3.05) is 13.1 Å². The molecule has 106 valence electrons. The summed E-state index contributed by atoms with van der Waals surface area (Å²) in [6.45, 7) is 1.47. The van der Waals surface area contributed by atoms with Crippen molar-refractivity contribution in [2.24, 2.45) is 11.3 Å². The Labute approximate surface area is 117 Å². The van der Waals surface area contributed by atoms with Gasteiger partial charge in [0.1, 0.15) is 6.61 Å². The van der Waals surface area contributed by atoms with Crippen LogP contribution in [0.4, 0.5) is 4.79 Å². The summed E-state index contributed by atoms with van der Waals surface area (Å²) in [4.78, 5) is 24.1. The Hall–Kier alpha value is -2.04. The highest BCUT2D eigenvalue weighted by Crippen LogP contribution is 2.51. The van der Waals surface area contributed by atoms with Crippen LogP contribution in [0.2, 0.25) is 0 Å². The van der Waals surface area contributed by atoms with Gasteiger partial charge in [0.25, 0.3) is 0 Å². The summed E-state index contributed by atoms with van der Waals surface area (Å²) in [5.74, 6) is -1.31. The lowest BCUT2D eigenvalue weighted by Gasteiger charge is -2.58. The van der Waals surface area contributed by atoms with Gasteiger partial charge in [0, 0.05) is 24.5 Å². The monoisotopic (exact) mass is 274 g/mol. The number of benzene rings is 1. The number of aliphatic carboxylic acids is 1. The van der Waals surface area contributed by atoms with Crippen LogP contribution in [0, 0.1) is 11.3 Å². The van der Waals surface area contributed by atoms with Crippen molar-refractivity contribution in [3.63, 3.8) is 0 Å². The third-order valence-electron chi connectivity index (χ3n) is 4.21. The van der Waals surface area contributed by atoms with Gasteiger partial charge >= 0.3 is 6.09 Å². The van der Waals surface area contributed by atoms with Gasteiger partial charge in [-0.05, 0) is 24.3 Å². The van der Waals surface area contributed by atoms with Crippen LogP contribution >= 0.6 is 0 Å². The van der Waals surface area contributed by atoms with E-state index in [4.69, 9.17) is 4.74 Å². The minimum absolute atomic E-state index is 0.0104. The molecule has 2 aliphatic rings. The molecule has 1 aromatic rings. The zero-order valence-corrected chi connectivity index (χ0v) is 11.1. The molecule has 1 aliphatic heterocycles. The first-order valence-electron chi connectivity index (χ1n) is 6.74. The van der Waals surface area contributed by atoms with Gasteiger partial charge in [-0.15, -0.1) is 0 Å². The molecular weight excluding hydrogens is 258 g/mol. The molecule has 3 rings (SSSR count). The fourth-order valence-corrected chi connectivity index (χ4v) is 3.11. The lowest BCUT2D eigenvalue weighted by Crippen LogP contribution is -2.65. The molecule has 5 heteroatoms. The van der Waals surface area contributed by atoms with Crippen LogP contribution in [-0.2, 0) is 16.1 Å². The van der Waals surface area contributed by atoms with Crippen molar-refractivity contribution in [1.82, 2.24) is 4.90 Å². The van der Waals surface area contributed by atoms with Crippen LogP contribution in [0.15, 0.2) is 30.3 Å². The predicted molar refractivity (Wildman–Crippen MR) is 68.4 cm³/mol. The molecule has 1 heterocycles. The van der Waals surface area contributed by atoms with Crippen LogP contribution in [0.1, 0.15) is 18.4 Å². The van der Waals surface area contributed by atoms with Crippen molar-refractivity contribution in [2.45, 2.75) is 19.4 Å². The van der Waals surface area contributed by atoms with E-state index in [1.54, 1.807) is 4.90 Å². The third-order valence-corrected chi connectivity index (χ3v) is 4.21. The maximum Gasteiger partial charge on any atom is 0.410 e. The predicted octanol–water partition coefficient (Wildman–Crippen LogP) is 0.785. The molecule has 1 saturated carbocycles. The van der Waals surface area contributed by atoms with Crippen LogP contribution in [0.5, 0.6) is 0 Å². The Morgan fingerprint density at radius 1 is 1.25 bits per heavy atom. The molecule has 0 N–H and O–H groups in total. The number of carbonyl (C=O) groups is 2. The van der Waals surface area contributed by atoms with Crippen molar-refractivity contribution in [3.05, 3.63) is 35.9 Å². The molecule has 5 nitrogen and oxygen atoms in total. The molecule has 0 unspecified atom stereocenters. The van der Waals surface area contributed by atoms with Crippen molar-refractivity contribution in [1.29, 1.82) is 0 Å². The first-order valence-corrected chi connectivity index (χ1v) is 6.74. The molecule has 0 atom stereocenters. The minimum Gasteiger partial charge on any atom is -0.550 e. The second-order valence-electron chi connectivity index (χ2n) is 5.82. The lowest BCUT2D eigenvalue weighted by atomic mass is 9.58. The molecule has 1 aliphatic carbocycles. The molecule has 2 fully saturated rings. The van der Waals surface area contributed by atoms with Crippen LogP contribution in [-0.4, -0.2) is 30.1 Å².